The first-order chi connectivity index (χ1) is 11.0. The number of carbonyl (C=O) groups is 1. The van der Waals surface area contributed by atoms with Crippen LogP contribution in [0.25, 0.3) is 0 Å². The van der Waals surface area contributed by atoms with Gasteiger partial charge in [-0.15, -0.1) is 0 Å². The van der Waals surface area contributed by atoms with E-state index in [-0.39, 0.29) is 11.4 Å². The van der Waals surface area contributed by atoms with Crippen molar-refractivity contribution in [1.82, 2.24) is 0 Å². The molecule has 4 aliphatic rings. The van der Waals surface area contributed by atoms with Crippen LogP contribution in [0.4, 0.5) is 0 Å². The van der Waals surface area contributed by atoms with Crippen LogP contribution in [0.1, 0.15) is 71.6 Å². The molecular weight excluding hydrogens is 284 g/mol. The standard InChI is InChI=1S/C21H32O2/c1-20-12-5-4-6-14(20)7-8-15-16-9-10-18(19(22)23-3)21(16,2)13-11-17(15)20/h10,14-17H,4-9,11-13H2,1-3H3/t14?,15-,16-,17-,20-,21-/m0/s1. The summed E-state index contributed by atoms with van der Waals surface area (Å²) in [6, 6.07) is 0. The third-order valence-corrected chi connectivity index (χ3v) is 8.57. The normalized spacial score (nSPS) is 48.7. The van der Waals surface area contributed by atoms with Crippen molar-refractivity contribution in [3.63, 3.8) is 0 Å². The highest BCUT2D eigenvalue weighted by molar-refractivity contribution is 5.90. The molecule has 3 saturated carbocycles. The molecule has 0 bridgehead atoms. The Morgan fingerprint density at radius 3 is 2.70 bits per heavy atom. The molecule has 1 unspecified atom stereocenters. The van der Waals surface area contributed by atoms with Gasteiger partial charge in [0.1, 0.15) is 0 Å². The van der Waals surface area contributed by atoms with E-state index in [1.807, 2.05) is 0 Å². The molecule has 23 heavy (non-hydrogen) atoms. The number of methoxy groups -OCH3 is 1. The van der Waals surface area contributed by atoms with E-state index in [0.29, 0.717) is 11.3 Å². The number of carbonyl (C=O) groups excluding carboxylic acids is 1. The number of fused-ring (bicyclic) bond motifs is 5. The first-order valence-electron chi connectivity index (χ1n) is 9.79. The van der Waals surface area contributed by atoms with E-state index in [9.17, 15) is 4.79 Å². The van der Waals surface area contributed by atoms with Crippen molar-refractivity contribution in [3.8, 4) is 0 Å². The van der Waals surface area contributed by atoms with Crippen LogP contribution in [0.2, 0.25) is 0 Å². The summed E-state index contributed by atoms with van der Waals surface area (Å²) in [4.78, 5) is 12.2. The molecule has 0 radical (unpaired) electrons. The summed E-state index contributed by atoms with van der Waals surface area (Å²) in [6.07, 6.45) is 14.4. The summed E-state index contributed by atoms with van der Waals surface area (Å²) in [6.45, 7) is 4.96. The van der Waals surface area contributed by atoms with Gasteiger partial charge in [-0.3, -0.25) is 0 Å². The number of ether oxygens (including phenoxy) is 1. The highest BCUT2D eigenvalue weighted by Crippen LogP contribution is 2.66. The molecule has 0 saturated heterocycles. The second-order valence-electron chi connectivity index (χ2n) is 9.20. The lowest BCUT2D eigenvalue weighted by atomic mass is 9.45. The Labute approximate surface area is 141 Å². The Bertz CT molecular complexity index is 536. The molecule has 4 rings (SSSR count). The third kappa shape index (κ3) is 2.09. The Hall–Kier alpha value is -0.790. The van der Waals surface area contributed by atoms with Crippen LogP contribution < -0.4 is 0 Å². The molecule has 0 aromatic heterocycles. The zero-order chi connectivity index (χ0) is 16.2. The van der Waals surface area contributed by atoms with Crippen molar-refractivity contribution in [2.45, 2.75) is 71.6 Å². The van der Waals surface area contributed by atoms with Gasteiger partial charge < -0.3 is 4.74 Å². The van der Waals surface area contributed by atoms with Crippen LogP contribution in [0.3, 0.4) is 0 Å². The molecule has 0 amide bonds. The van der Waals surface area contributed by atoms with Crippen LogP contribution >= 0.6 is 0 Å². The Kier molecular flexibility index (Phi) is 3.66. The lowest BCUT2D eigenvalue weighted by Gasteiger charge is -2.60. The molecular formula is C21H32O2. The minimum Gasteiger partial charge on any atom is -0.466 e. The molecule has 0 spiro atoms. The minimum atomic E-state index is -0.0778. The lowest BCUT2D eigenvalue weighted by molar-refractivity contribution is -0.140. The molecule has 3 fully saturated rings. The molecule has 6 atom stereocenters. The molecule has 0 aromatic carbocycles. The highest BCUT2D eigenvalue weighted by atomic mass is 16.5. The largest absolute Gasteiger partial charge is 0.466 e. The Balaban J connectivity index is 1.62. The van der Waals surface area contributed by atoms with Gasteiger partial charge in [0.15, 0.2) is 0 Å². The van der Waals surface area contributed by atoms with Gasteiger partial charge in [0, 0.05) is 11.0 Å². The van der Waals surface area contributed by atoms with Crippen LogP contribution in [0.5, 0.6) is 0 Å². The third-order valence-electron chi connectivity index (χ3n) is 8.57. The average molecular weight is 316 g/mol. The maximum atomic E-state index is 12.2. The summed E-state index contributed by atoms with van der Waals surface area (Å²) < 4.78 is 5.08. The quantitative estimate of drug-likeness (QED) is 0.627. The van der Waals surface area contributed by atoms with E-state index in [0.717, 1.165) is 29.7 Å². The topological polar surface area (TPSA) is 26.3 Å². The van der Waals surface area contributed by atoms with Gasteiger partial charge in [-0.25, -0.2) is 4.79 Å². The molecule has 4 aliphatic carbocycles. The second-order valence-corrected chi connectivity index (χ2v) is 9.20. The van der Waals surface area contributed by atoms with Crippen LogP contribution in [0, 0.1) is 34.5 Å². The predicted octanol–water partition coefficient (Wildman–Crippen LogP) is 5.13. The van der Waals surface area contributed by atoms with Crippen LogP contribution in [-0.2, 0) is 9.53 Å². The summed E-state index contributed by atoms with van der Waals surface area (Å²) in [5.74, 6) is 3.29. The fourth-order valence-electron chi connectivity index (χ4n) is 7.29. The Morgan fingerprint density at radius 1 is 1.09 bits per heavy atom. The molecule has 0 heterocycles. The van der Waals surface area contributed by atoms with Gasteiger partial charge in [-0.2, -0.15) is 0 Å². The van der Waals surface area contributed by atoms with Crippen molar-refractivity contribution in [2.75, 3.05) is 7.11 Å². The maximum Gasteiger partial charge on any atom is 0.333 e. The van der Waals surface area contributed by atoms with E-state index in [1.165, 1.54) is 58.5 Å². The van der Waals surface area contributed by atoms with E-state index >= 15 is 0 Å². The number of allylic oxidation sites excluding steroid dienone is 1. The molecule has 128 valence electrons. The summed E-state index contributed by atoms with van der Waals surface area (Å²) in [5, 5.41) is 0. The van der Waals surface area contributed by atoms with E-state index in [1.54, 1.807) is 0 Å². The zero-order valence-electron chi connectivity index (χ0n) is 15.1. The fraction of sp³-hybridized carbons (Fsp3) is 0.857. The molecule has 0 aromatic rings. The number of hydrogen-bond acceptors (Lipinski definition) is 2. The van der Waals surface area contributed by atoms with E-state index < -0.39 is 0 Å². The summed E-state index contributed by atoms with van der Waals surface area (Å²) >= 11 is 0. The maximum absolute atomic E-state index is 12.2. The lowest BCUT2D eigenvalue weighted by Crippen LogP contribution is -2.52. The first-order valence-corrected chi connectivity index (χ1v) is 9.79. The van der Waals surface area contributed by atoms with Gasteiger partial charge in [-0.05, 0) is 74.0 Å². The van der Waals surface area contributed by atoms with Crippen molar-refractivity contribution >= 4 is 5.97 Å². The smallest absolute Gasteiger partial charge is 0.333 e. The number of hydrogen-bond donors (Lipinski definition) is 0. The van der Waals surface area contributed by atoms with E-state index in [2.05, 4.69) is 19.9 Å². The highest BCUT2D eigenvalue weighted by Gasteiger charge is 2.58. The Morgan fingerprint density at radius 2 is 1.91 bits per heavy atom. The van der Waals surface area contributed by atoms with Crippen molar-refractivity contribution < 1.29 is 9.53 Å². The van der Waals surface area contributed by atoms with Crippen molar-refractivity contribution in [1.29, 1.82) is 0 Å². The van der Waals surface area contributed by atoms with Gasteiger partial charge in [-0.1, -0.05) is 32.8 Å². The van der Waals surface area contributed by atoms with Crippen LogP contribution in [-0.4, -0.2) is 13.1 Å². The van der Waals surface area contributed by atoms with Gasteiger partial charge >= 0.3 is 5.97 Å². The van der Waals surface area contributed by atoms with Crippen molar-refractivity contribution in [2.24, 2.45) is 34.5 Å². The van der Waals surface area contributed by atoms with Gasteiger partial charge in [0.25, 0.3) is 0 Å². The molecule has 0 aliphatic heterocycles. The van der Waals surface area contributed by atoms with E-state index in [4.69, 9.17) is 4.74 Å². The van der Waals surface area contributed by atoms with Crippen molar-refractivity contribution in [3.05, 3.63) is 11.6 Å². The fourth-order valence-corrected chi connectivity index (χ4v) is 7.29. The predicted molar refractivity (Wildman–Crippen MR) is 91.8 cm³/mol. The molecule has 2 heteroatoms. The molecule has 2 nitrogen and oxygen atoms in total. The van der Waals surface area contributed by atoms with Crippen LogP contribution in [0.15, 0.2) is 11.6 Å². The van der Waals surface area contributed by atoms with Gasteiger partial charge in [0.2, 0.25) is 0 Å². The van der Waals surface area contributed by atoms with Gasteiger partial charge in [0.05, 0.1) is 7.11 Å². The number of esters is 1. The molecule has 0 N–H and O–H groups in total. The monoisotopic (exact) mass is 316 g/mol. The number of rotatable bonds is 1. The zero-order valence-corrected chi connectivity index (χ0v) is 15.1. The average Bonchev–Trinajstić information content (AvgIpc) is 2.91. The first kappa shape index (κ1) is 15.7. The summed E-state index contributed by atoms with van der Waals surface area (Å²) in [5.41, 5.74) is 1.64. The summed E-state index contributed by atoms with van der Waals surface area (Å²) in [7, 11) is 1.53. The minimum absolute atomic E-state index is 0.0755. The second kappa shape index (κ2) is 5.36. The SMILES string of the molecule is COC(=O)C1=CC[C@H]2[C@@H]3CCC4CCCC[C@]4(C)[C@H]3CC[C@]12C.